The summed E-state index contributed by atoms with van der Waals surface area (Å²) in [6.45, 7) is 6.11. The van der Waals surface area contributed by atoms with Crippen molar-refractivity contribution in [2.24, 2.45) is 5.92 Å². The zero-order valence-corrected chi connectivity index (χ0v) is 8.74. The molecule has 1 aliphatic rings. The van der Waals surface area contributed by atoms with Crippen LogP contribution in [-0.4, -0.2) is 10.1 Å². The molecule has 3 heteroatoms. The van der Waals surface area contributed by atoms with Crippen LogP contribution < -0.4 is 0 Å². The molecule has 0 N–H and O–H groups in total. The van der Waals surface area contributed by atoms with E-state index in [0.29, 0.717) is 17.6 Å². The molecule has 1 aromatic rings. The van der Waals surface area contributed by atoms with Crippen molar-refractivity contribution < 1.29 is 4.52 Å². The summed E-state index contributed by atoms with van der Waals surface area (Å²) < 4.78 is 5.17. The highest BCUT2D eigenvalue weighted by Gasteiger charge is 2.17. The highest BCUT2D eigenvalue weighted by atomic mass is 16.5. The molecule has 0 amide bonds. The van der Waals surface area contributed by atoms with Crippen LogP contribution in [0, 0.1) is 12.8 Å². The molecule has 1 aromatic heterocycles. The van der Waals surface area contributed by atoms with Crippen LogP contribution in [0.5, 0.6) is 0 Å². The molecule has 74 valence electrons. The third-order valence-electron chi connectivity index (χ3n) is 2.46. The smallest absolute Gasteiger partial charge is 0.254 e. The SMILES string of the molecule is CC1=C(c2nc(C)no2)CC(C)C=C1. The Labute approximate surface area is 83.5 Å². The van der Waals surface area contributed by atoms with Crippen molar-refractivity contribution in [3.05, 3.63) is 29.4 Å². The van der Waals surface area contributed by atoms with Crippen LogP contribution in [0.3, 0.4) is 0 Å². The Kier molecular flexibility index (Phi) is 2.23. The molecule has 14 heavy (non-hydrogen) atoms. The molecule has 0 spiro atoms. The fourth-order valence-corrected chi connectivity index (χ4v) is 1.64. The molecule has 1 heterocycles. The Balaban J connectivity index is 2.38. The average molecular weight is 190 g/mol. The van der Waals surface area contributed by atoms with E-state index in [1.807, 2.05) is 6.92 Å². The molecular formula is C11H14N2O. The molecule has 2 rings (SSSR count). The van der Waals surface area contributed by atoms with Crippen molar-refractivity contribution in [1.82, 2.24) is 10.1 Å². The summed E-state index contributed by atoms with van der Waals surface area (Å²) in [7, 11) is 0. The van der Waals surface area contributed by atoms with Gasteiger partial charge in [0.1, 0.15) is 0 Å². The van der Waals surface area contributed by atoms with E-state index < -0.39 is 0 Å². The molecule has 1 atom stereocenters. The predicted molar refractivity (Wildman–Crippen MR) is 54.6 cm³/mol. The van der Waals surface area contributed by atoms with E-state index in [0.717, 1.165) is 6.42 Å². The van der Waals surface area contributed by atoms with Crippen LogP contribution in [-0.2, 0) is 0 Å². The molecule has 0 bridgehead atoms. The van der Waals surface area contributed by atoms with Crippen LogP contribution in [0.1, 0.15) is 32.0 Å². The first-order chi connectivity index (χ1) is 6.66. The van der Waals surface area contributed by atoms with Crippen LogP contribution in [0.15, 0.2) is 22.2 Å². The molecule has 0 fully saturated rings. The molecule has 0 aromatic carbocycles. The minimum atomic E-state index is 0.556. The first kappa shape index (κ1) is 9.19. The van der Waals surface area contributed by atoms with Gasteiger partial charge in [0.05, 0.1) is 0 Å². The van der Waals surface area contributed by atoms with E-state index in [4.69, 9.17) is 4.52 Å². The minimum absolute atomic E-state index is 0.556. The van der Waals surface area contributed by atoms with E-state index in [1.165, 1.54) is 11.1 Å². The van der Waals surface area contributed by atoms with Crippen molar-refractivity contribution in [3.63, 3.8) is 0 Å². The monoisotopic (exact) mass is 190 g/mol. The zero-order valence-electron chi connectivity index (χ0n) is 8.74. The fourth-order valence-electron chi connectivity index (χ4n) is 1.64. The minimum Gasteiger partial charge on any atom is -0.334 e. The van der Waals surface area contributed by atoms with Crippen molar-refractivity contribution in [3.8, 4) is 0 Å². The van der Waals surface area contributed by atoms with Gasteiger partial charge in [-0.1, -0.05) is 24.2 Å². The van der Waals surface area contributed by atoms with Crippen LogP contribution in [0.4, 0.5) is 0 Å². The number of hydrogen-bond donors (Lipinski definition) is 0. The van der Waals surface area contributed by atoms with Gasteiger partial charge in [-0.3, -0.25) is 0 Å². The maximum Gasteiger partial charge on any atom is 0.254 e. The second kappa shape index (κ2) is 3.40. The number of nitrogens with zero attached hydrogens (tertiary/aromatic N) is 2. The highest BCUT2D eigenvalue weighted by Crippen LogP contribution is 2.29. The van der Waals surface area contributed by atoms with Gasteiger partial charge in [0.2, 0.25) is 0 Å². The summed E-state index contributed by atoms with van der Waals surface area (Å²) in [5.74, 6) is 1.93. The maximum atomic E-state index is 5.17. The van der Waals surface area contributed by atoms with E-state index in [9.17, 15) is 0 Å². The second-order valence-electron chi connectivity index (χ2n) is 3.85. The molecule has 1 unspecified atom stereocenters. The molecule has 0 aliphatic heterocycles. The standard InChI is InChI=1S/C11H14N2O/c1-7-4-5-8(2)10(6-7)11-12-9(3)13-14-11/h4-5,7H,6H2,1-3H3. The Bertz CT molecular complexity index is 401. The van der Waals surface area contributed by atoms with Crippen molar-refractivity contribution in [2.45, 2.75) is 27.2 Å². The summed E-state index contributed by atoms with van der Waals surface area (Å²) in [5.41, 5.74) is 2.41. The molecule has 0 saturated heterocycles. The van der Waals surface area contributed by atoms with Gasteiger partial charge in [-0.15, -0.1) is 0 Å². The van der Waals surface area contributed by atoms with Gasteiger partial charge in [-0.25, -0.2) is 0 Å². The third-order valence-corrected chi connectivity index (χ3v) is 2.46. The van der Waals surface area contributed by atoms with Crippen molar-refractivity contribution in [2.75, 3.05) is 0 Å². The summed E-state index contributed by atoms with van der Waals surface area (Å²) in [4.78, 5) is 4.25. The topological polar surface area (TPSA) is 38.9 Å². The molecule has 0 saturated carbocycles. The maximum absolute atomic E-state index is 5.17. The van der Waals surface area contributed by atoms with E-state index >= 15 is 0 Å². The van der Waals surface area contributed by atoms with E-state index in [1.54, 1.807) is 0 Å². The van der Waals surface area contributed by atoms with E-state index in [-0.39, 0.29) is 0 Å². The normalized spacial score (nSPS) is 21.8. The van der Waals surface area contributed by atoms with Crippen molar-refractivity contribution >= 4 is 5.57 Å². The lowest BCUT2D eigenvalue weighted by atomic mass is 9.91. The lowest BCUT2D eigenvalue weighted by molar-refractivity contribution is 0.400. The first-order valence-electron chi connectivity index (χ1n) is 4.85. The zero-order chi connectivity index (χ0) is 10.1. The number of aromatic nitrogens is 2. The van der Waals surface area contributed by atoms with E-state index in [2.05, 4.69) is 36.1 Å². The number of allylic oxidation sites excluding steroid dienone is 4. The third kappa shape index (κ3) is 1.62. The summed E-state index contributed by atoms with van der Waals surface area (Å²) in [6, 6.07) is 0. The van der Waals surface area contributed by atoms with Gasteiger partial charge in [-0.2, -0.15) is 4.98 Å². The predicted octanol–water partition coefficient (Wildman–Crippen LogP) is 2.75. The van der Waals surface area contributed by atoms with Gasteiger partial charge < -0.3 is 4.52 Å². The summed E-state index contributed by atoms with van der Waals surface area (Å²) >= 11 is 0. The van der Waals surface area contributed by atoms with Crippen LogP contribution in [0.2, 0.25) is 0 Å². The Morgan fingerprint density at radius 1 is 1.43 bits per heavy atom. The molecule has 0 radical (unpaired) electrons. The summed E-state index contributed by atoms with van der Waals surface area (Å²) in [6.07, 6.45) is 5.33. The molecular weight excluding hydrogens is 176 g/mol. The molecule has 3 nitrogen and oxygen atoms in total. The quantitative estimate of drug-likeness (QED) is 0.683. The Morgan fingerprint density at radius 2 is 2.21 bits per heavy atom. The van der Waals surface area contributed by atoms with Gasteiger partial charge >= 0.3 is 0 Å². The highest BCUT2D eigenvalue weighted by molar-refractivity contribution is 5.66. The first-order valence-corrected chi connectivity index (χ1v) is 4.85. The lowest BCUT2D eigenvalue weighted by Gasteiger charge is -2.14. The largest absolute Gasteiger partial charge is 0.334 e. The van der Waals surface area contributed by atoms with Gasteiger partial charge in [0.25, 0.3) is 5.89 Å². The van der Waals surface area contributed by atoms with Gasteiger partial charge in [-0.05, 0) is 31.8 Å². The average Bonchev–Trinajstić information content (AvgIpc) is 2.56. The fraction of sp³-hybridized carbons (Fsp3) is 0.455. The molecule has 1 aliphatic carbocycles. The van der Waals surface area contributed by atoms with Crippen molar-refractivity contribution in [1.29, 1.82) is 0 Å². The van der Waals surface area contributed by atoms with Gasteiger partial charge in [0.15, 0.2) is 5.82 Å². The summed E-state index contributed by atoms with van der Waals surface area (Å²) in [5, 5.41) is 3.81. The Hall–Kier alpha value is -1.38. The number of aryl methyl sites for hydroxylation is 1. The second-order valence-corrected chi connectivity index (χ2v) is 3.85. The number of hydrogen-bond acceptors (Lipinski definition) is 3. The Morgan fingerprint density at radius 3 is 2.86 bits per heavy atom. The number of rotatable bonds is 1. The lowest BCUT2D eigenvalue weighted by Crippen LogP contribution is -2.00. The van der Waals surface area contributed by atoms with Crippen LogP contribution in [0.25, 0.3) is 5.57 Å². The van der Waals surface area contributed by atoms with Gasteiger partial charge in [0, 0.05) is 5.57 Å². The van der Waals surface area contributed by atoms with Crippen LogP contribution >= 0.6 is 0 Å².